The lowest BCUT2D eigenvalue weighted by Gasteiger charge is -2.33. The van der Waals surface area contributed by atoms with E-state index in [9.17, 15) is 22.8 Å². The first-order valence-corrected chi connectivity index (χ1v) is 15.2. The van der Waals surface area contributed by atoms with Gasteiger partial charge in [0.15, 0.2) is 0 Å². The molecule has 3 atom stereocenters. The van der Waals surface area contributed by atoms with E-state index < -0.39 is 12.1 Å². The number of alkyl halides is 3. The average Bonchev–Trinajstić information content (AvgIpc) is 3.45. The van der Waals surface area contributed by atoms with Gasteiger partial charge in [-0.15, -0.1) is 0 Å². The third-order valence-corrected chi connectivity index (χ3v) is 10.3. The topological polar surface area (TPSA) is 40.6 Å². The minimum Gasteiger partial charge on any atom is -0.339 e. The molecule has 0 spiro atoms. The van der Waals surface area contributed by atoms with E-state index >= 15 is 0 Å². The molecule has 4 aliphatic rings. The van der Waals surface area contributed by atoms with E-state index in [1.807, 2.05) is 12.1 Å². The molecule has 6 rings (SSSR count). The van der Waals surface area contributed by atoms with E-state index in [2.05, 4.69) is 11.8 Å². The Kier molecular flexibility index (Phi) is 7.65. The molecule has 41 heavy (non-hydrogen) atoms. The van der Waals surface area contributed by atoms with Crippen LogP contribution < -0.4 is 0 Å². The monoisotopic (exact) mass is 604 g/mol. The summed E-state index contributed by atoms with van der Waals surface area (Å²) in [6.07, 6.45) is 0.140. The summed E-state index contributed by atoms with van der Waals surface area (Å²) in [6.45, 7) is 3.23. The number of carbonyl (C=O) groups is 2. The average molecular weight is 606 g/mol. The number of amides is 2. The van der Waals surface area contributed by atoms with Gasteiger partial charge in [0.05, 0.1) is 5.92 Å². The number of hydrogen-bond acceptors (Lipinski definition) is 2. The van der Waals surface area contributed by atoms with E-state index in [0.717, 1.165) is 48.9 Å². The van der Waals surface area contributed by atoms with Gasteiger partial charge in [-0.05, 0) is 91.8 Å². The molecule has 2 fully saturated rings. The molecule has 2 aliphatic heterocycles. The minimum atomic E-state index is -4.21. The smallest absolute Gasteiger partial charge is 0.339 e. The molecule has 3 unspecified atom stereocenters. The van der Waals surface area contributed by atoms with Crippen LogP contribution in [-0.4, -0.2) is 53.5 Å². The van der Waals surface area contributed by atoms with Crippen LogP contribution in [0, 0.1) is 17.8 Å². The standard InChI is InChI=1S/C32H33Cl2F3N2O2/c1-18-25-7-6-24(17-26(18)25)39-13-8-21(31(39)41)14-27-28(33)15-22(16-29(27)34)19-2-4-20(5-3-19)30(40)38-11-9-23(10-12-38)32(35,36)37/h2-5,15-16,18,21,23-24H,6-14,17H2,1H3. The number of carbonyl (C=O) groups excluding carboxylic acids is 2. The quantitative estimate of drug-likeness (QED) is 0.325. The molecule has 2 amide bonds. The van der Waals surface area contributed by atoms with Gasteiger partial charge in [-0.3, -0.25) is 9.59 Å². The van der Waals surface area contributed by atoms with Crippen LogP contribution in [0.15, 0.2) is 47.5 Å². The van der Waals surface area contributed by atoms with E-state index in [1.165, 1.54) is 4.90 Å². The van der Waals surface area contributed by atoms with Crippen molar-refractivity contribution in [2.45, 2.75) is 64.1 Å². The third-order valence-electron chi connectivity index (χ3n) is 9.67. The largest absolute Gasteiger partial charge is 0.391 e. The first kappa shape index (κ1) is 28.6. The van der Waals surface area contributed by atoms with Crippen molar-refractivity contribution in [2.24, 2.45) is 17.8 Å². The van der Waals surface area contributed by atoms with Gasteiger partial charge in [0, 0.05) is 47.2 Å². The highest BCUT2D eigenvalue weighted by Crippen LogP contribution is 2.50. The molecular weight excluding hydrogens is 572 g/mol. The fourth-order valence-corrected chi connectivity index (χ4v) is 7.66. The normalized spacial score (nSPS) is 25.1. The zero-order chi connectivity index (χ0) is 29.1. The molecule has 9 heteroatoms. The molecule has 0 saturated carbocycles. The predicted octanol–water partition coefficient (Wildman–Crippen LogP) is 7.96. The number of likely N-dealkylation sites (tertiary alicyclic amines) is 2. The van der Waals surface area contributed by atoms with Gasteiger partial charge in [0.1, 0.15) is 0 Å². The summed E-state index contributed by atoms with van der Waals surface area (Å²) < 4.78 is 38.9. The fraction of sp³-hybridized carbons (Fsp3) is 0.500. The van der Waals surface area contributed by atoms with Crippen LogP contribution in [-0.2, 0) is 11.2 Å². The maximum Gasteiger partial charge on any atom is 0.391 e. The Labute approximate surface area is 248 Å². The van der Waals surface area contributed by atoms with Gasteiger partial charge in [-0.25, -0.2) is 0 Å². The number of benzene rings is 2. The molecule has 0 bridgehead atoms. The third kappa shape index (κ3) is 5.64. The Bertz CT molecular complexity index is 1370. The van der Waals surface area contributed by atoms with Gasteiger partial charge in [-0.2, -0.15) is 13.2 Å². The van der Waals surface area contributed by atoms with Gasteiger partial charge in [-0.1, -0.05) is 53.4 Å². The zero-order valence-corrected chi connectivity index (χ0v) is 24.5. The fourth-order valence-electron chi connectivity index (χ4n) is 7.01. The summed E-state index contributed by atoms with van der Waals surface area (Å²) in [5.41, 5.74) is 5.97. The summed E-state index contributed by atoms with van der Waals surface area (Å²) in [5.74, 6) is -0.899. The number of piperidine rings is 1. The second-order valence-corrected chi connectivity index (χ2v) is 12.8. The molecule has 2 saturated heterocycles. The highest BCUT2D eigenvalue weighted by atomic mass is 35.5. The Hall–Kier alpha value is -2.51. The van der Waals surface area contributed by atoms with Crippen LogP contribution in [0.4, 0.5) is 13.2 Å². The molecule has 2 heterocycles. The summed E-state index contributed by atoms with van der Waals surface area (Å²) >= 11 is 13.4. The number of allylic oxidation sites excluding steroid dienone is 1. The van der Waals surface area contributed by atoms with E-state index in [4.69, 9.17) is 23.2 Å². The van der Waals surface area contributed by atoms with Crippen molar-refractivity contribution in [2.75, 3.05) is 19.6 Å². The zero-order valence-electron chi connectivity index (χ0n) is 22.9. The Balaban J connectivity index is 1.09. The molecule has 4 nitrogen and oxygen atoms in total. The maximum atomic E-state index is 13.3. The summed E-state index contributed by atoms with van der Waals surface area (Å²) in [4.78, 5) is 29.8. The molecule has 0 aromatic heterocycles. The summed E-state index contributed by atoms with van der Waals surface area (Å²) in [5, 5.41) is 1.01. The van der Waals surface area contributed by atoms with Crippen molar-refractivity contribution >= 4 is 35.0 Å². The van der Waals surface area contributed by atoms with Crippen LogP contribution in [0.1, 0.15) is 61.4 Å². The minimum absolute atomic E-state index is 0.0693. The van der Waals surface area contributed by atoms with E-state index in [1.54, 1.807) is 35.4 Å². The highest BCUT2D eigenvalue weighted by molar-refractivity contribution is 6.36. The van der Waals surface area contributed by atoms with Crippen LogP contribution in [0.5, 0.6) is 0 Å². The lowest BCUT2D eigenvalue weighted by Crippen LogP contribution is -2.42. The lowest BCUT2D eigenvalue weighted by molar-refractivity contribution is -0.183. The first-order valence-electron chi connectivity index (χ1n) is 14.5. The van der Waals surface area contributed by atoms with Crippen molar-refractivity contribution in [3.05, 3.63) is 68.7 Å². The Morgan fingerprint density at radius 2 is 1.59 bits per heavy atom. The van der Waals surface area contributed by atoms with Crippen LogP contribution in [0.2, 0.25) is 10.0 Å². The van der Waals surface area contributed by atoms with Gasteiger partial charge in [0.2, 0.25) is 5.91 Å². The molecule has 0 radical (unpaired) electrons. The van der Waals surface area contributed by atoms with E-state index in [-0.39, 0.29) is 43.7 Å². The van der Waals surface area contributed by atoms with Crippen molar-refractivity contribution in [3.8, 4) is 11.1 Å². The highest BCUT2D eigenvalue weighted by Gasteiger charge is 2.43. The van der Waals surface area contributed by atoms with Crippen molar-refractivity contribution in [1.82, 2.24) is 9.80 Å². The number of hydrogen-bond donors (Lipinski definition) is 0. The predicted molar refractivity (Wildman–Crippen MR) is 154 cm³/mol. The van der Waals surface area contributed by atoms with Crippen LogP contribution in [0.25, 0.3) is 11.1 Å². The SMILES string of the molecule is CC1C2=C1CC(N1CCC(Cc3c(Cl)cc(-c4ccc(C(=O)N5CCC(C(F)(F)F)CC5)cc4)cc3Cl)C1=O)CC2. The summed E-state index contributed by atoms with van der Waals surface area (Å²) in [7, 11) is 0. The van der Waals surface area contributed by atoms with Crippen molar-refractivity contribution in [3.63, 3.8) is 0 Å². The number of rotatable bonds is 5. The second kappa shape index (κ2) is 11.0. The van der Waals surface area contributed by atoms with Crippen molar-refractivity contribution in [1.29, 1.82) is 0 Å². The Morgan fingerprint density at radius 3 is 2.20 bits per heavy atom. The van der Waals surface area contributed by atoms with Gasteiger partial charge in [0.25, 0.3) is 5.91 Å². The molecular formula is C32H33Cl2F3N2O2. The van der Waals surface area contributed by atoms with Crippen molar-refractivity contribution < 1.29 is 22.8 Å². The second-order valence-electron chi connectivity index (χ2n) is 12.0. The molecule has 218 valence electrons. The van der Waals surface area contributed by atoms with Crippen LogP contribution in [0.3, 0.4) is 0 Å². The van der Waals surface area contributed by atoms with Crippen LogP contribution >= 0.6 is 23.2 Å². The Morgan fingerprint density at radius 1 is 0.927 bits per heavy atom. The molecule has 2 aromatic rings. The van der Waals surface area contributed by atoms with E-state index in [0.29, 0.717) is 34.0 Å². The first-order chi connectivity index (χ1) is 19.5. The maximum absolute atomic E-state index is 13.3. The summed E-state index contributed by atoms with van der Waals surface area (Å²) in [6, 6.07) is 10.9. The number of halogens is 5. The van der Waals surface area contributed by atoms with Gasteiger partial charge < -0.3 is 9.80 Å². The van der Waals surface area contributed by atoms with Gasteiger partial charge >= 0.3 is 6.18 Å². The lowest BCUT2D eigenvalue weighted by atomic mass is 9.94. The molecule has 2 aromatic carbocycles. The molecule has 2 aliphatic carbocycles. The number of nitrogens with zero attached hydrogens (tertiary/aromatic N) is 2. The molecule has 0 N–H and O–H groups in total.